The second kappa shape index (κ2) is 6.48. The maximum absolute atomic E-state index is 6.11. The molecule has 3 unspecified atom stereocenters. The van der Waals surface area contributed by atoms with Gasteiger partial charge >= 0.3 is 0 Å². The molecular weight excluding hydrogens is 316 g/mol. The van der Waals surface area contributed by atoms with Crippen LogP contribution in [0.1, 0.15) is 46.1 Å². The average molecular weight is 341 g/mol. The Morgan fingerprint density at radius 3 is 2.65 bits per heavy atom. The highest BCUT2D eigenvalue weighted by Gasteiger charge is 2.42. The van der Waals surface area contributed by atoms with E-state index in [1.165, 1.54) is 5.56 Å². The second-order valence-corrected chi connectivity index (χ2v) is 7.70. The molecule has 1 aliphatic rings. The van der Waals surface area contributed by atoms with E-state index in [2.05, 4.69) is 61.8 Å². The van der Waals surface area contributed by atoms with Crippen LogP contribution in [0.3, 0.4) is 0 Å². The molecular formula is C17H25BrO2. The molecule has 1 fully saturated rings. The maximum Gasteiger partial charge on any atom is 0.127 e. The Morgan fingerprint density at radius 1 is 1.30 bits per heavy atom. The second-order valence-electron chi connectivity index (χ2n) is 6.52. The molecule has 2 rings (SSSR count). The number of hydrogen-bond acceptors (Lipinski definition) is 2. The minimum Gasteiger partial charge on any atom is -0.488 e. The van der Waals surface area contributed by atoms with Crippen LogP contribution in [-0.4, -0.2) is 23.6 Å². The van der Waals surface area contributed by atoms with E-state index in [0.29, 0.717) is 4.83 Å². The number of benzene rings is 1. The monoisotopic (exact) mass is 340 g/mol. The fraction of sp³-hybridized carbons (Fsp3) is 0.647. The van der Waals surface area contributed by atoms with Gasteiger partial charge in [-0.25, -0.2) is 0 Å². The van der Waals surface area contributed by atoms with Crippen molar-refractivity contribution in [3.63, 3.8) is 0 Å². The highest BCUT2D eigenvalue weighted by atomic mass is 79.9. The first-order valence-electron chi connectivity index (χ1n) is 7.44. The van der Waals surface area contributed by atoms with E-state index in [1.807, 2.05) is 6.07 Å². The predicted molar refractivity (Wildman–Crippen MR) is 86.9 cm³/mol. The van der Waals surface area contributed by atoms with Crippen molar-refractivity contribution in [3.05, 3.63) is 29.8 Å². The van der Waals surface area contributed by atoms with E-state index < -0.39 is 0 Å². The van der Waals surface area contributed by atoms with E-state index in [0.717, 1.165) is 25.2 Å². The zero-order valence-electron chi connectivity index (χ0n) is 12.9. The van der Waals surface area contributed by atoms with Gasteiger partial charge in [0.05, 0.1) is 0 Å². The Balaban J connectivity index is 2.00. The summed E-state index contributed by atoms with van der Waals surface area (Å²) < 4.78 is 12.0. The SMILES string of the molecule is CCCOC1C(Br)CC1Oc1cccc(C(C)(C)C)c1. The number of alkyl halides is 1. The normalized spacial score (nSPS) is 26.1. The molecule has 0 radical (unpaired) electrons. The number of ether oxygens (including phenoxy) is 2. The molecule has 0 aliphatic heterocycles. The molecule has 0 saturated heterocycles. The molecule has 3 atom stereocenters. The molecule has 1 aromatic rings. The topological polar surface area (TPSA) is 18.5 Å². The van der Waals surface area contributed by atoms with Crippen molar-refractivity contribution in [2.75, 3.05) is 6.61 Å². The quantitative estimate of drug-likeness (QED) is 0.723. The van der Waals surface area contributed by atoms with Crippen molar-refractivity contribution in [3.8, 4) is 5.75 Å². The van der Waals surface area contributed by atoms with Crippen LogP contribution in [0.2, 0.25) is 0 Å². The predicted octanol–water partition coefficient (Wildman–Crippen LogP) is 4.69. The van der Waals surface area contributed by atoms with Crippen molar-refractivity contribution in [2.24, 2.45) is 0 Å². The lowest BCUT2D eigenvalue weighted by Gasteiger charge is -2.41. The van der Waals surface area contributed by atoms with Gasteiger partial charge in [0.15, 0.2) is 0 Å². The third kappa shape index (κ3) is 3.76. The molecule has 0 aromatic heterocycles. The van der Waals surface area contributed by atoms with Crippen LogP contribution in [0.5, 0.6) is 5.75 Å². The van der Waals surface area contributed by atoms with Crippen molar-refractivity contribution in [2.45, 2.75) is 63.0 Å². The van der Waals surface area contributed by atoms with Gasteiger partial charge in [-0.3, -0.25) is 0 Å². The van der Waals surface area contributed by atoms with Gasteiger partial charge in [-0.2, -0.15) is 0 Å². The lowest BCUT2D eigenvalue weighted by atomic mass is 9.87. The largest absolute Gasteiger partial charge is 0.488 e. The van der Waals surface area contributed by atoms with Crippen LogP contribution < -0.4 is 4.74 Å². The van der Waals surface area contributed by atoms with Gasteiger partial charge in [-0.15, -0.1) is 0 Å². The summed E-state index contributed by atoms with van der Waals surface area (Å²) in [6.45, 7) is 9.59. The van der Waals surface area contributed by atoms with Crippen LogP contribution in [0, 0.1) is 0 Å². The number of halogens is 1. The first-order chi connectivity index (χ1) is 9.41. The summed E-state index contributed by atoms with van der Waals surface area (Å²) in [5.41, 5.74) is 1.45. The summed E-state index contributed by atoms with van der Waals surface area (Å²) in [6, 6.07) is 8.42. The van der Waals surface area contributed by atoms with E-state index in [9.17, 15) is 0 Å². The summed E-state index contributed by atoms with van der Waals surface area (Å²) in [7, 11) is 0. The van der Waals surface area contributed by atoms with Crippen molar-refractivity contribution in [1.29, 1.82) is 0 Å². The van der Waals surface area contributed by atoms with Crippen molar-refractivity contribution >= 4 is 15.9 Å². The van der Waals surface area contributed by atoms with Crippen molar-refractivity contribution < 1.29 is 9.47 Å². The summed E-state index contributed by atoms with van der Waals surface area (Å²) in [6.07, 6.45) is 2.39. The lowest BCUT2D eigenvalue weighted by Crippen LogP contribution is -2.52. The van der Waals surface area contributed by atoms with Crippen LogP contribution in [0.15, 0.2) is 24.3 Å². The van der Waals surface area contributed by atoms with Gasteiger partial charge in [-0.1, -0.05) is 55.8 Å². The molecule has 1 saturated carbocycles. The highest BCUT2D eigenvalue weighted by molar-refractivity contribution is 9.09. The molecule has 2 nitrogen and oxygen atoms in total. The molecule has 0 N–H and O–H groups in total. The third-order valence-corrected chi connectivity index (χ3v) is 4.58. The molecule has 0 amide bonds. The Morgan fingerprint density at radius 2 is 2.05 bits per heavy atom. The first kappa shape index (κ1) is 15.8. The Kier molecular flexibility index (Phi) is 5.14. The van der Waals surface area contributed by atoms with E-state index in [1.54, 1.807) is 0 Å². The summed E-state index contributed by atoms with van der Waals surface area (Å²) >= 11 is 3.65. The smallest absolute Gasteiger partial charge is 0.127 e. The van der Waals surface area contributed by atoms with Gasteiger partial charge in [0, 0.05) is 17.9 Å². The fourth-order valence-corrected chi connectivity index (χ4v) is 3.18. The molecule has 112 valence electrons. The first-order valence-corrected chi connectivity index (χ1v) is 8.36. The minimum atomic E-state index is 0.148. The van der Waals surface area contributed by atoms with Gasteiger partial charge in [0.2, 0.25) is 0 Å². The molecule has 20 heavy (non-hydrogen) atoms. The Bertz CT molecular complexity index is 439. The molecule has 0 spiro atoms. The minimum absolute atomic E-state index is 0.148. The summed E-state index contributed by atoms with van der Waals surface area (Å²) in [5, 5.41) is 0. The Hall–Kier alpha value is -0.540. The van der Waals surface area contributed by atoms with Gasteiger partial charge in [0.25, 0.3) is 0 Å². The summed E-state index contributed by atoms with van der Waals surface area (Å²) in [5.74, 6) is 0.951. The molecule has 0 bridgehead atoms. The molecule has 1 aliphatic carbocycles. The van der Waals surface area contributed by atoms with E-state index >= 15 is 0 Å². The van der Waals surface area contributed by atoms with Crippen molar-refractivity contribution in [1.82, 2.24) is 0 Å². The number of rotatable bonds is 5. The van der Waals surface area contributed by atoms with Gasteiger partial charge < -0.3 is 9.47 Å². The summed E-state index contributed by atoms with van der Waals surface area (Å²) in [4.78, 5) is 0.421. The molecule has 3 heteroatoms. The van der Waals surface area contributed by atoms with E-state index in [4.69, 9.17) is 9.47 Å². The van der Waals surface area contributed by atoms with Crippen LogP contribution >= 0.6 is 15.9 Å². The standard InChI is InChI=1S/C17H25BrO2/c1-5-9-19-16-14(18)11-15(16)20-13-8-6-7-12(10-13)17(2,3)4/h6-8,10,14-16H,5,9,11H2,1-4H3. The fourth-order valence-electron chi connectivity index (χ4n) is 2.32. The maximum atomic E-state index is 6.11. The molecule has 0 heterocycles. The third-order valence-electron chi connectivity index (χ3n) is 3.68. The lowest BCUT2D eigenvalue weighted by molar-refractivity contribution is -0.0762. The zero-order chi connectivity index (χ0) is 14.8. The van der Waals surface area contributed by atoms with Gasteiger partial charge in [-0.05, 0) is 29.5 Å². The zero-order valence-corrected chi connectivity index (χ0v) is 14.4. The van der Waals surface area contributed by atoms with Crippen LogP contribution in [0.25, 0.3) is 0 Å². The Labute approximate surface area is 131 Å². The van der Waals surface area contributed by atoms with Crippen LogP contribution in [-0.2, 0) is 10.2 Å². The van der Waals surface area contributed by atoms with Gasteiger partial charge in [0.1, 0.15) is 18.0 Å². The van der Waals surface area contributed by atoms with Crippen LogP contribution in [0.4, 0.5) is 0 Å². The molecule has 1 aromatic carbocycles. The average Bonchev–Trinajstić information content (AvgIpc) is 2.38. The van der Waals surface area contributed by atoms with E-state index in [-0.39, 0.29) is 17.6 Å². The highest BCUT2D eigenvalue weighted by Crippen LogP contribution is 2.35. The number of hydrogen-bond donors (Lipinski definition) is 0.